The van der Waals surface area contributed by atoms with Crippen LogP contribution in [0.15, 0.2) is 124 Å². The van der Waals surface area contributed by atoms with Gasteiger partial charge in [0.25, 0.3) is 0 Å². The number of aromatic nitrogens is 2. The van der Waals surface area contributed by atoms with E-state index in [-0.39, 0.29) is 20.1 Å². The van der Waals surface area contributed by atoms with Gasteiger partial charge in [-0.25, -0.2) is 0 Å². The maximum Gasteiger partial charge on any atom is 0.147 e. The standard InChI is InChI=1S/C31H20NO2.C14H14N.Ir/c1-18-8-7-13-23-28-26(33-29(18)23)17-24(27-22-12-6-9-19(2)30(22)34-31(27)28)21-14-15-32-25(16-21)20-10-4-3-5-11-20;1-10-4-6-13(7-5-10)14-8-11(2)12(3)9-15-14;/h3-10,12-17H,1-2H3;4-6,8-9H,1-3H3;/q2*-1;. The molecule has 4 nitrogen and oxygen atoms in total. The molecule has 5 heteroatoms. The Bertz CT molecular complexity index is 2650. The molecule has 247 valence electrons. The third kappa shape index (κ3) is 5.93. The number of pyridine rings is 2. The van der Waals surface area contributed by atoms with Crippen molar-refractivity contribution >= 4 is 43.9 Å². The molecule has 4 heterocycles. The smallest absolute Gasteiger partial charge is 0.147 e. The Morgan fingerprint density at radius 3 is 1.98 bits per heavy atom. The number of aryl methyl sites for hydroxylation is 5. The molecule has 4 aromatic heterocycles. The Morgan fingerprint density at radius 1 is 0.560 bits per heavy atom. The first-order valence-electron chi connectivity index (χ1n) is 16.5. The van der Waals surface area contributed by atoms with E-state index in [1.165, 1.54) is 16.7 Å². The molecule has 0 aliphatic carbocycles. The number of benzene rings is 5. The zero-order valence-electron chi connectivity index (χ0n) is 28.5. The number of furan rings is 2. The van der Waals surface area contributed by atoms with Crippen molar-refractivity contribution in [1.82, 2.24) is 9.97 Å². The fourth-order valence-corrected chi connectivity index (χ4v) is 6.48. The minimum absolute atomic E-state index is 0. The van der Waals surface area contributed by atoms with Gasteiger partial charge in [-0.1, -0.05) is 61.0 Å². The Balaban J connectivity index is 0.000000207. The van der Waals surface area contributed by atoms with Crippen LogP contribution in [-0.2, 0) is 20.1 Å². The molecule has 0 fully saturated rings. The summed E-state index contributed by atoms with van der Waals surface area (Å²) < 4.78 is 13.0. The van der Waals surface area contributed by atoms with Gasteiger partial charge in [-0.05, 0) is 79.0 Å². The van der Waals surface area contributed by atoms with Crippen molar-refractivity contribution in [3.8, 4) is 33.6 Å². The first kappa shape index (κ1) is 33.2. The predicted octanol–water partition coefficient (Wildman–Crippen LogP) is 12.1. The van der Waals surface area contributed by atoms with E-state index < -0.39 is 0 Å². The van der Waals surface area contributed by atoms with Crippen LogP contribution in [0, 0.1) is 46.8 Å². The van der Waals surface area contributed by atoms with Gasteiger partial charge in [-0.2, -0.15) is 0 Å². The minimum atomic E-state index is 0. The van der Waals surface area contributed by atoms with E-state index in [4.69, 9.17) is 8.83 Å². The Labute approximate surface area is 305 Å². The molecule has 0 aliphatic heterocycles. The molecule has 5 aromatic carbocycles. The molecule has 0 N–H and O–H groups in total. The van der Waals surface area contributed by atoms with Crippen LogP contribution in [0.25, 0.3) is 77.5 Å². The van der Waals surface area contributed by atoms with Crippen LogP contribution in [0.4, 0.5) is 0 Å². The van der Waals surface area contributed by atoms with Crippen LogP contribution >= 0.6 is 0 Å². The van der Waals surface area contributed by atoms with Gasteiger partial charge in [0.15, 0.2) is 0 Å². The normalized spacial score (nSPS) is 11.1. The summed E-state index contributed by atoms with van der Waals surface area (Å²) in [7, 11) is 0. The van der Waals surface area contributed by atoms with Crippen LogP contribution in [0.1, 0.15) is 27.8 Å². The quantitative estimate of drug-likeness (QED) is 0.167. The average Bonchev–Trinajstić information content (AvgIpc) is 3.71. The van der Waals surface area contributed by atoms with E-state index in [2.05, 4.69) is 130 Å². The zero-order valence-corrected chi connectivity index (χ0v) is 30.9. The molecule has 0 saturated heterocycles. The van der Waals surface area contributed by atoms with E-state index >= 15 is 0 Å². The van der Waals surface area contributed by atoms with E-state index in [0.29, 0.717) is 0 Å². The Morgan fingerprint density at radius 2 is 1.28 bits per heavy atom. The number of rotatable bonds is 3. The first-order chi connectivity index (χ1) is 23.9. The fourth-order valence-electron chi connectivity index (χ4n) is 6.48. The molecular weight excluding hydrogens is 793 g/mol. The van der Waals surface area contributed by atoms with Crippen molar-refractivity contribution in [2.45, 2.75) is 34.6 Å². The molecule has 0 bridgehead atoms. The summed E-state index contributed by atoms with van der Waals surface area (Å²) in [5.74, 6) is 0. The van der Waals surface area contributed by atoms with Crippen molar-refractivity contribution < 1.29 is 28.9 Å². The molecule has 0 aliphatic rings. The maximum absolute atomic E-state index is 6.60. The van der Waals surface area contributed by atoms with E-state index in [0.717, 1.165) is 88.6 Å². The summed E-state index contributed by atoms with van der Waals surface area (Å²) >= 11 is 0. The summed E-state index contributed by atoms with van der Waals surface area (Å²) in [6.07, 6.45) is 3.77. The van der Waals surface area contributed by atoms with Crippen molar-refractivity contribution in [2.24, 2.45) is 0 Å². The van der Waals surface area contributed by atoms with E-state index in [9.17, 15) is 0 Å². The number of hydrogen-bond acceptors (Lipinski definition) is 4. The average molecular weight is 827 g/mol. The van der Waals surface area contributed by atoms with Gasteiger partial charge in [0.2, 0.25) is 0 Å². The van der Waals surface area contributed by atoms with Crippen molar-refractivity contribution in [3.63, 3.8) is 0 Å². The molecule has 9 rings (SSSR count). The summed E-state index contributed by atoms with van der Waals surface area (Å²) in [6.45, 7) is 10.4. The second-order valence-corrected chi connectivity index (χ2v) is 12.7. The van der Waals surface area contributed by atoms with Crippen LogP contribution < -0.4 is 0 Å². The number of nitrogens with zero attached hydrogens (tertiary/aromatic N) is 2. The molecule has 0 saturated carbocycles. The second-order valence-electron chi connectivity index (χ2n) is 12.7. The molecular formula is C45H34IrN2O2-2. The van der Waals surface area contributed by atoms with Crippen LogP contribution in [-0.4, -0.2) is 9.97 Å². The molecule has 0 atom stereocenters. The van der Waals surface area contributed by atoms with Crippen LogP contribution in [0.3, 0.4) is 0 Å². The van der Waals surface area contributed by atoms with E-state index in [1.54, 1.807) is 0 Å². The first-order valence-corrected chi connectivity index (χ1v) is 16.5. The summed E-state index contributed by atoms with van der Waals surface area (Å²) in [6, 6.07) is 41.6. The van der Waals surface area contributed by atoms with Gasteiger partial charge in [-0.15, -0.1) is 71.3 Å². The number of para-hydroxylation sites is 2. The summed E-state index contributed by atoms with van der Waals surface area (Å²) in [5.41, 5.74) is 15.5. The maximum atomic E-state index is 6.60. The zero-order chi connectivity index (χ0) is 33.6. The van der Waals surface area contributed by atoms with Crippen LogP contribution in [0.5, 0.6) is 0 Å². The van der Waals surface area contributed by atoms with Gasteiger partial charge in [0, 0.05) is 48.7 Å². The van der Waals surface area contributed by atoms with Crippen molar-refractivity contribution in [2.75, 3.05) is 0 Å². The number of hydrogen-bond donors (Lipinski definition) is 0. The second kappa shape index (κ2) is 13.5. The topological polar surface area (TPSA) is 52.1 Å². The Kier molecular flexibility index (Phi) is 8.96. The van der Waals surface area contributed by atoms with Gasteiger partial charge in [0.1, 0.15) is 22.3 Å². The third-order valence-electron chi connectivity index (χ3n) is 9.30. The van der Waals surface area contributed by atoms with Gasteiger partial charge < -0.3 is 18.8 Å². The molecule has 0 spiro atoms. The SMILES string of the molecule is Cc1c[c-]c(-c2cc(C)c(C)cn2)cc1.Cc1cccc2c1oc1c2c(-c2ccnc(-c3[c-]cccc3)c2)cc2oc3c(C)cccc3c21.[Ir]. The molecule has 0 amide bonds. The Hall–Kier alpha value is -5.35. The predicted molar refractivity (Wildman–Crippen MR) is 201 cm³/mol. The summed E-state index contributed by atoms with van der Waals surface area (Å²) in [4.78, 5) is 9.02. The van der Waals surface area contributed by atoms with Crippen molar-refractivity contribution in [1.29, 1.82) is 0 Å². The van der Waals surface area contributed by atoms with Crippen molar-refractivity contribution in [3.05, 3.63) is 155 Å². The largest absolute Gasteiger partial charge is 0.456 e. The minimum Gasteiger partial charge on any atom is -0.456 e. The van der Waals surface area contributed by atoms with Crippen LogP contribution in [0.2, 0.25) is 0 Å². The number of fused-ring (bicyclic) bond motifs is 7. The van der Waals surface area contributed by atoms with Gasteiger partial charge >= 0.3 is 0 Å². The molecule has 50 heavy (non-hydrogen) atoms. The van der Waals surface area contributed by atoms with Gasteiger partial charge in [-0.3, -0.25) is 0 Å². The molecule has 1 radical (unpaired) electrons. The van der Waals surface area contributed by atoms with Gasteiger partial charge in [0.05, 0.1) is 5.39 Å². The van der Waals surface area contributed by atoms with E-state index in [1.807, 2.05) is 42.7 Å². The molecule has 0 unspecified atom stereocenters. The summed E-state index contributed by atoms with van der Waals surface area (Å²) in [5, 5.41) is 4.32. The fraction of sp³-hybridized carbons (Fsp3) is 0.111. The molecule has 9 aromatic rings. The monoisotopic (exact) mass is 827 g/mol. The third-order valence-corrected chi connectivity index (χ3v) is 9.30.